The molecule has 2 aliphatic carbocycles. The van der Waals surface area contributed by atoms with Crippen LogP contribution in [0.3, 0.4) is 0 Å². The van der Waals surface area contributed by atoms with Crippen molar-refractivity contribution < 1.29 is 173 Å². The predicted octanol–water partition coefficient (Wildman–Crippen LogP) is 12.7. The normalized spacial score (nSPS) is 7.28. The maximum absolute atomic E-state index is 8.91. The molecular weight excluding hydrogens is 1050 g/mol. The van der Waals surface area contributed by atoms with Crippen LogP contribution in [0.25, 0.3) is 0 Å². The van der Waals surface area contributed by atoms with Gasteiger partial charge in [0.05, 0.1) is 12.2 Å². The Morgan fingerprint density at radius 2 is 0.438 bits per heavy atom. The summed E-state index contributed by atoms with van der Waals surface area (Å²) in [4.78, 5) is 14.0. The number of benzene rings is 2. The Morgan fingerprint density at radius 3 is 0.516 bits per heavy atom. The Balaban J connectivity index is -0.00000000367. The van der Waals surface area contributed by atoms with Crippen LogP contribution >= 0.6 is 0 Å². The van der Waals surface area contributed by atoms with Gasteiger partial charge in [-0.05, 0) is 37.8 Å². The third kappa shape index (κ3) is 252. The molecule has 2 fully saturated rings. The fourth-order valence-corrected chi connectivity index (χ4v) is 2.97. The van der Waals surface area contributed by atoms with Gasteiger partial charge >= 0.3 is 40.0 Å². The minimum atomic E-state index is 0. The number of para-hydroxylation sites is 1. The smallest absolute Gasteiger partial charge is 0.508 e. The van der Waals surface area contributed by atoms with E-state index >= 15 is 0 Å². The second kappa shape index (κ2) is 265. The number of hydrogen-bond donors (Lipinski definition) is 3. The first kappa shape index (κ1) is 317. The van der Waals surface area contributed by atoms with Gasteiger partial charge in [0, 0.05) is 84.2 Å². The molecule has 0 spiro atoms. The summed E-state index contributed by atoms with van der Waals surface area (Å²) in [6.45, 7) is 0. The second-order valence-electron chi connectivity index (χ2n) is 7.07. The summed E-state index contributed by atoms with van der Waals surface area (Å²) < 4.78 is 0. The minimum absolute atomic E-state index is 0. The van der Waals surface area contributed by atoms with Gasteiger partial charge in [-0.1, -0.05) is 249 Å². The van der Waals surface area contributed by atoms with Crippen LogP contribution in [-0.2, 0) is 111 Å². The van der Waals surface area contributed by atoms with Gasteiger partial charge in [-0.15, -0.1) is 0 Å². The number of aromatic hydroxyl groups is 1. The van der Waals surface area contributed by atoms with Crippen LogP contribution in [0.15, 0.2) is 66.7 Å². The first-order valence-electron chi connectivity index (χ1n) is 10.5. The molecule has 0 aliphatic heterocycles. The Labute approximate surface area is 484 Å². The van der Waals surface area contributed by atoms with Crippen molar-refractivity contribution in [2.45, 2.75) is 232 Å². The Bertz CT molecular complexity index is 562. The average molecular weight is 1190 g/mol. The second-order valence-corrected chi connectivity index (χ2v) is 7.07. The van der Waals surface area contributed by atoms with E-state index in [4.69, 9.17) is 25.2 Å². The molecule has 2 aromatic carbocycles. The molecule has 0 unspecified atom stereocenters. The van der Waals surface area contributed by atoms with Crippen LogP contribution in [0.1, 0.15) is 223 Å². The first-order valence-corrected chi connectivity index (χ1v) is 10.5. The third-order valence-electron chi connectivity index (χ3n) is 4.57. The van der Waals surface area contributed by atoms with Crippen molar-refractivity contribution >= 4 is 0 Å². The quantitative estimate of drug-likeness (QED) is 0.231. The summed E-state index contributed by atoms with van der Waals surface area (Å²) in [6, 6.07) is 20.7. The van der Waals surface area contributed by atoms with E-state index in [2.05, 4.69) is 0 Å². The third-order valence-corrected chi connectivity index (χ3v) is 4.57. The van der Waals surface area contributed by atoms with Gasteiger partial charge in [-0.25, -0.2) is 0 Å². The maximum Gasteiger partial charge on any atom is 4.00 e. The van der Waals surface area contributed by atoms with E-state index in [9.17, 15) is 0 Å². The molecule has 2 aromatic rings. The van der Waals surface area contributed by atoms with Crippen molar-refractivity contribution in [3.63, 3.8) is 0 Å². The van der Waals surface area contributed by atoms with Crippen LogP contribution in [0.5, 0.6) is 5.75 Å². The van der Waals surface area contributed by atoms with E-state index in [-0.39, 0.29) is 326 Å². The van der Waals surface area contributed by atoms with Gasteiger partial charge in [0.2, 0.25) is 0 Å². The van der Waals surface area contributed by atoms with Crippen molar-refractivity contribution in [3.8, 4) is 5.75 Å². The van der Waals surface area contributed by atoms with Crippen molar-refractivity contribution in [3.05, 3.63) is 76.7 Å². The van der Waals surface area contributed by atoms with Crippen molar-refractivity contribution in [1.29, 1.82) is 0 Å². The summed E-state index contributed by atoms with van der Waals surface area (Å²) in [5, 5.41) is 26.5. The van der Waals surface area contributed by atoms with Crippen LogP contribution in [0.4, 0.5) is 0 Å². The zero-order chi connectivity index (χ0) is 21.6. The molecule has 0 heterocycles. The zero-order valence-electron chi connectivity index (χ0n) is 25.9. The monoisotopic (exact) mass is 1190 g/mol. The number of aliphatic hydroxyl groups is 2. The summed E-state index contributed by atoms with van der Waals surface area (Å²) in [5.41, 5.74) is 0. The molecular formula is C45H138O13V6+10. The Hall–Kier alpha value is 0.946. The summed E-state index contributed by atoms with van der Waals surface area (Å²) in [6.07, 6.45) is 11.8. The summed E-state index contributed by atoms with van der Waals surface area (Å²) >= 11 is 0. The number of phenols is 1. The minimum Gasteiger partial charge on any atom is -0.508 e. The predicted molar refractivity (Wildman–Crippen MR) is 292 cm³/mol. The van der Waals surface area contributed by atoms with Crippen LogP contribution in [0.2, 0.25) is 0 Å². The number of rotatable bonds is 0. The molecule has 19 heteroatoms. The molecule has 0 amide bonds. The largest absolute Gasteiger partial charge is 4.00 e. The average Bonchev–Trinajstić information content (AvgIpc) is 2.79. The SMILES string of the molecule is C.C.C.C.C.C.C.C.C.C.C.C.C.C.C.C.C.C.C.C.C.O.O.O.O.O.O.O.O.O=O.OC1CCCCC1.OC1CCCCC1.Oc1ccccc1.[H+].[H+].[V+4].[V+4].[V].[V].[V].[V].c1ccccc1. The topological polar surface area (TPSA) is 347 Å². The van der Waals surface area contributed by atoms with Crippen molar-refractivity contribution in [2.24, 2.45) is 0 Å². The van der Waals surface area contributed by atoms with E-state index in [0.29, 0.717) is 5.75 Å². The van der Waals surface area contributed by atoms with Gasteiger partial charge < -0.3 is 59.1 Å². The van der Waals surface area contributed by atoms with Crippen molar-refractivity contribution in [1.82, 2.24) is 0 Å². The van der Waals surface area contributed by atoms with Crippen LogP contribution in [-0.4, -0.2) is 71.3 Å². The summed E-state index contributed by atoms with van der Waals surface area (Å²) in [5.74, 6) is 0.322. The molecule has 2 aliphatic rings. The van der Waals surface area contributed by atoms with E-state index in [1.807, 2.05) is 42.5 Å². The van der Waals surface area contributed by atoms with E-state index < -0.39 is 0 Å². The van der Waals surface area contributed by atoms with Crippen LogP contribution in [0, 0.1) is 9.93 Å². The van der Waals surface area contributed by atoms with E-state index in [1.165, 1.54) is 38.5 Å². The molecule has 13 nitrogen and oxygen atoms in total. The molecule has 2 saturated carbocycles. The van der Waals surface area contributed by atoms with E-state index in [0.717, 1.165) is 25.7 Å². The molecule has 6 radical (unpaired) electrons. The molecule has 0 atom stereocenters. The molecule has 0 aromatic heterocycles. The Morgan fingerprint density at radius 1 is 0.312 bits per heavy atom. The summed E-state index contributed by atoms with van der Waals surface area (Å²) in [7, 11) is 0. The van der Waals surface area contributed by atoms with Crippen LogP contribution < -0.4 is 0 Å². The molecule has 64 heavy (non-hydrogen) atoms. The van der Waals surface area contributed by atoms with Gasteiger partial charge in [-0.2, -0.15) is 0 Å². The Kier molecular flexibility index (Phi) is 1310. The molecule has 416 valence electrons. The molecule has 4 rings (SSSR count). The van der Waals surface area contributed by atoms with Gasteiger partial charge in [0.1, 0.15) is 5.75 Å². The molecule has 19 N–H and O–H groups in total. The first-order chi connectivity index (χ1) is 14.2. The van der Waals surface area contributed by atoms with Gasteiger partial charge in [0.15, 0.2) is 0 Å². The number of aliphatic hydroxyl groups excluding tert-OH is 2. The van der Waals surface area contributed by atoms with E-state index in [1.54, 1.807) is 24.3 Å². The number of hydrogen-bond acceptors (Lipinski definition) is 5. The fourth-order valence-electron chi connectivity index (χ4n) is 2.97. The zero-order valence-corrected chi connectivity index (χ0v) is 32.3. The van der Waals surface area contributed by atoms with Gasteiger partial charge in [-0.3, -0.25) is 0 Å². The maximum atomic E-state index is 8.91. The van der Waals surface area contributed by atoms with Crippen molar-refractivity contribution in [2.75, 3.05) is 0 Å². The van der Waals surface area contributed by atoms with Gasteiger partial charge in [0.25, 0.3) is 0 Å². The number of phenolic OH excluding ortho intramolecular Hbond substituents is 1. The standard InChI is InChI=1S/2C6H12O.C6H6O.C6H6.21CH4.O2.8H2O.6V/c3*7-6-4-2-1-3-5-6;1-2-4-6-5-3-1;;;;;;;;;;;;;;;;;;;;;;1-2;;;;;;;;;;;;;;/h2*6-7H,1-5H2;1-5,7H;1-6H;21*1H4;;8*1H2;;;;;;/q;;;;;;;;;;;;;;;;;;;;;;;;;;;;;;;;;;;;;;2*+4/p+2. The molecule has 0 bridgehead atoms. The fraction of sp³-hybridized carbons (Fsp3) is 0.733. The molecule has 0 saturated heterocycles.